The highest BCUT2D eigenvalue weighted by atomic mass is 32.5. The summed E-state index contributed by atoms with van der Waals surface area (Å²) in [7, 11) is 1.54. The Labute approximate surface area is 220 Å². The van der Waals surface area contributed by atoms with Crippen LogP contribution in [0.3, 0.4) is 0 Å². The number of carbonyl (C=O) groups excluding carboxylic acids is 2. The molecule has 0 bridgehead atoms. The molecule has 8 nitrogen and oxygen atoms in total. The molecule has 200 valence electrons. The normalized spacial score (nSPS) is 12.4. The summed E-state index contributed by atoms with van der Waals surface area (Å²) in [5.41, 5.74) is 1.38. The first-order chi connectivity index (χ1) is 16.9. The summed E-state index contributed by atoms with van der Waals surface area (Å²) in [4.78, 5) is 23.2. The summed E-state index contributed by atoms with van der Waals surface area (Å²) >= 11 is 5.50. The van der Waals surface area contributed by atoms with E-state index < -0.39 is 18.7 Å². The number of amides is 1. The van der Waals surface area contributed by atoms with Gasteiger partial charge in [-0.3, -0.25) is 0 Å². The predicted molar refractivity (Wildman–Crippen MR) is 147 cm³/mol. The van der Waals surface area contributed by atoms with E-state index in [9.17, 15) is 9.59 Å². The molecule has 10 heteroatoms. The van der Waals surface area contributed by atoms with E-state index in [1.165, 1.54) is 0 Å². The number of benzene rings is 2. The monoisotopic (exact) mass is 538 g/mol. The van der Waals surface area contributed by atoms with Gasteiger partial charge in [0.25, 0.3) is 0 Å². The Kier molecular flexibility index (Phi) is 13.7. The maximum atomic E-state index is 12.2. The molecule has 0 aliphatic heterocycles. The van der Waals surface area contributed by atoms with Crippen molar-refractivity contribution in [1.29, 1.82) is 0 Å². The zero-order valence-corrected chi connectivity index (χ0v) is 24.1. The Morgan fingerprint density at radius 1 is 0.944 bits per heavy atom. The Morgan fingerprint density at radius 3 is 2.06 bits per heavy atom. The minimum atomic E-state index is -2.72. The molecule has 1 unspecified atom stereocenters. The lowest BCUT2D eigenvalue weighted by Gasteiger charge is -2.26. The summed E-state index contributed by atoms with van der Waals surface area (Å²) in [6, 6.07) is 14.5. The van der Waals surface area contributed by atoms with E-state index in [1.54, 1.807) is 51.2 Å². The van der Waals surface area contributed by atoms with Crippen molar-refractivity contribution in [3.63, 3.8) is 0 Å². The van der Waals surface area contributed by atoms with Crippen molar-refractivity contribution in [2.45, 2.75) is 66.5 Å². The largest absolute Gasteiger partial charge is 0.459 e. The zero-order valence-electron chi connectivity index (χ0n) is 22.4. The van der Waals surface area contributed by atoms with Crippen LogP contribution >= 0.6 is 6.64 Å². The SMILES string of the molecule is CCOP(=S)(NC(C)C)Oc1ccccc1C(=O)OC(C)C.CNC(=O)Oc1ccccc1C(C)C. The molecule has 0 saturated carbocycles. The lowest BCUT2D eigenvalue weighted by Crippen LogP contribution is -2.24. The van der Waals surface area contributed by atoms with Gasteiger partial charge in [0.05, 0.1) is 12.7 Å². The molecule has 36 heavy (non-hydrogen) atoms. The van der Waals surface area contributed by atoms with Gasteiger partial charge in [-0.05, 0) is 76.1 Å². The first kappa shape index (κ1) is 31.6. The zero-order chi connectivity index (χ0) is 27.3. The van der Waals surface area contributed by atoms with Crippen LogP contribution in [0.25, 0.3) is 0 Å². The molecule has 2 N–H and O–H groups in total. The van der Waals surface area contributed by atoms with E-state index in [2.05, 4.69) is 24.3 Å². The van der Waals surface area contributed by atoms with Gasteiger partial charge < -0.3 is 23.8 Å². The minimum Gasteiger partial charge on any atom is -0.459 e. The maximum Gasteiger partial charge on any atom is 0.412 e. The quantitative estimate of drug-likeness (QED) is 0.264. The number of para-hydroxylation sites is 2. The molecular formula is C26H39N2O6PS. The Morgan fingerprint density at radius 2 is 1.53 bits per heavy atom. The molecule has 0 aliphatic carbocycles. The Hall–Kier alpha value is -2.45. The van der Waals surface area contributed by atoms with Gasteiger partial charge in [0.2, 0.25) is 0 Å². The van der Waals surface area contributed by atoms with Crippen molar-refractivity contribution in [1.82, 2.24) is 10.4 Å². The Balaban J connectivity index is 0.000000397. The van der Waals surface area contributed by atoms with Crippen molar-refractivity contribution in [2.75, 3.05) is 13.7 Å². The molecule has 0 radical (unpaired) electrons. The number of carbonyl (C=O) groups is 2. The highest BCUT2D eigenvalue weighted by molar-refractivity contribution is 8.09. The van der Waals surface area contributed by atoms with Crippen molar-refractivity contribution >= 4 is 30.5 Å². The van der Waals surface area contributed by atoms with Crippen LogP contribution in [0.1, 0.15) is 70.3 Å². The second kappa shape index (κ2) is 15.6. The molecule has 1 amide bonds. The minimum absolute atomic E-state index is 0.104. The van der Waals surface area contributed by atoms with Gasteiger partial charge in [0.1, 0.15) is 17.1 Å². The van der Waals surface area contributed by atoms with E-state index in [1.807, 2.05) is 39.0 Å². The van der Waals surface area contributed by atoms with E-state index in [4.69, 9.17) is 30.3 Å². The predicted octanol–water partition coefficient (Wildman–Crippen LogP) is 6.42. The van der Waals surface area contributed by atoms with Gasteiger partial charge in [0, 0.05) is 13.1 Å². The summed E-state index contributed by atoms with van der Waals surface area (Å²) in [5.74, 6) is 0.906. The highest BCUT2D eigenvalue weighted by Crippen LogP contribution is 2.46. The van der Waals surface area contributed by atoms with Gasteiger partial charge in [-0.2, -0.15) is 0 Å². The van der Waals surface area contributed by atoms with Gasteiger partial charge in [-0.15, -0.1) is 0 Å². The van der Waals surface area contributed by atoms with Gasteiger partial charge in [-0.1, -0.05) is 44.2 Å². The number of rotatable bonds is 10. The van der Waals surface area contributed by atoms with Crippen molar-refractivity contribution in [3.05, 3.63) is 59.7 Å². The van der Waals surface area contributed by atoms with Gasteiger partial charge in [-0.25, -0.2) is 14.7 Å². The van der Waals surface area contributed by atoms with Crippen LogP contribution < -0.4 is 19.7 Å². The molecule has 0 spiro atoms. The number of hydrogen-bond acceptors (Lipinski definition) is 7. The third-order valence-electron chi connectivity index (χ3n) is 4.33. The average Bonchev–Trinajstić information content (AvgIpc) is 2.79. The van der Waals surface area contributed by atoms with E-state index >= 15 is 0 Å². The van der Waals surface area contributed by atoms with Gasteiger partial charge in [0.15, 0.2) is 0 Å². The smallest absolute Gasteiger partial charge is 0.412 e. The van der Waals surface area contributed by atoms with Crippen LogP contribution in [-0.4, -0.2) is 37.9 Å². The first-order valence-electron chi connectivity index (χ1n) is 11.9. The highest BCUT2D eigenvalue weighted by Gasteiger charge is 2.25. The number of esters is 1. The van der Waals surface area contributed by atoms with Crippen LogP contribution in [0.2, 0.25) is 0 Å². The van der Waals surface area contributed by atoms with Crippen LogP contribution in [0.15, 0.2) is 48.5 Å². The first-order valence-corrected chi connectivity index (χ1v) is 14.6. The topological polar surface area (TPSA) is 95.1 Å². The second-order valence-corrected chi connectivity index (χ2v) is 11.7. The van der Waals surface area contributed by atoms with Gasteiger partial charge >= 0.3 is 18.7 Å². The van der Waals surface area contributed by atoms with Crippen LogP contribution in [0.4, 0.5) is 4.79 Å². The van der Waals surface area contributed by atoms with E-state index in [0.717, 1.165) is 5.56 Å². The lowest BCUT2D eigenvalue weighted by atomic mass is 10.0. The third kappa shape index (κ3) is 11.1. The molecule has 2 aromatic carbocycles. The van der Waals surface area contributed by atoms with E-state index in [-0.39, 0.29) is 12.1 Å². The molecule has 0 aliphatic rings. The summed E-state index contributed by atoms with van der Waals surface area (Å²) in [6.45, 7) is 11.2. The van der Waals surface area contributed by atoms with E-state index in [0.29, 0.717) is 29.6 Å². The molecule has 2 aromatic rings. The second-order valence-electron chi connectivity index (χ2n) is 8.57. The molecule has 0 fully saturated rings. The molecule has 0 saturated heterocycles. The third-order valence-corrected chi connectivity index (χ3v) is 7.06. The van der Waals surface area contributed by atoms with Crippen molar-refractivity contribution < 1.29 is 28.1 Å². The van der Waals surface area contributed by atoms with Crippen LogP contribution in [-0.2, 0) is 21.1 Å². The summed E-state index contributed by atoms with van der Waals surface area (Å²) in [5, 5.41) is 5.56. The summed E-state index contributed by atoms with van der Waals surface area (Å²) in [6.07, 6.45) is -0.637. The van der Waals surface area contributed by atoms with Crippen LogP contribution in [0.5, 0.6) is 11.5 Å². The average molecular weight is 539 g/mol. The Bertz CT molecular complexity index is 1030. The molecular weight excluding hydrogens is 499 g/mol. The van der Waals surface area contributed by atoms with Crippen molar-refractivity contribution in [3.8, 4) is 11.5 Å². The van der Waals surface area contributed by atoms with Crippen molar-refractivity contribution in [2.24, 2.45) is 0 Å². The molecule has 2 rings (SSSR count). The lowest BCUT2D eigenvalue weighted by molar-refractivity contribution is 0.0376. The van der Waals surface area contributed by atoms with Crippen LogP contribution in [0, 0.1) is 0 Å². The molecule has 0 heterocycles. The molecule has 0 aromatic heterocycles. The summed E-state index contributed by atoms with van der Waals surface area (Å²) < 4.78 is 21.8. The fourth-order valence-electron chi connectivity index (χ4n) is 2.90. The molecule has 1 atom stereocenters. The number of hydrogen-bond donors (Lipinski definition) is 2. The number of ether oxygens (including phenoxy) is 2. The fourth-order valence-corrected chi connectivity index (χ4v) is 5.66. The standard InChI is InChI=1S/C15H24NO4PS.C11H15NO2/c1-6-18-21(22,16-11(2)3)20-14-10-8-7-9-13(14)15(17)19-12(4)5;1-8(2)9-6-4-5-7-10(9)14-11(13)12-3/h7-12H,6H2,1-5H3,(H,16,22);4-8H,1-3H3,(H,12,13). The fraction of sp³-hybridized carbons (Fsp3) is 0.462. The maximum absolute atomic E-state index is 12.2. The number of nitrogens with one attached hydrogen (secondary N) is 2.